The first-order valence-electron chi connectivity index (χ1n) is 5.80. The van der Waals surface area contributed by atoms with Gasteiger partial charge in [0.1, 0.15) is 5.52 Å². The van der Waals surface area contributed by atoms with Crippen LogP contribution in [0.2, 0.25) is 0 Å². The normalized spacial score (nSPS) is 20.1. The van der Waals surface area contributed by atoms with Crippen LogP contribution in [0.25, 0.3) is 11.0 Å². The fourth-order valence-corrected chi connectivity index (χ4v) is 2.57. The smallest absolute Gasteiger partial charge is 0.246 e. The number of alkyl halides is 1. The van der Waals surface area contributed by atoms with E-state index in [1.54, 1.807) is 0 Å². The van der Waals surface area contributed by atoms with Crippen LogP contribution in [0.5, 0.6) is 0 Å². The summed E-state index contributed by atoms with van der Waals surface area (Å²) < 4.78 is 0. The van der Waals surface area contributed by atoms with E-state index in [1.165, 1.54) is 0 Å². The molecule has 2 heterocycles. The van der Waals surface area contributed by atoms with Gasteiger partial charge in [0.2, 0.25) is 5.95 Å². The first-order chi connectivity index (χ1) is 8.38. The van der Waals surface area contributed by atoms with Gasteiger partial charge in [-0.15, -0.1) is 21.8 Å². The summed E-state index contributed by atoms with van der Waals surface area (Å²) in [6.45, 7) is 0.970. The number of halogens is 1. The molecule has 17 heavy (non-hydrogen) atoms. The quantitative estimate of drug-likeness (QED) is 0.765. The third-order valence-corrected chi connectivity index (χ3v) is 3.52. The van der Waals surface area contributed by atoms with Gasteiger partial charge in [-0.1, -0.05) is 12.1 Å². The van der Waals surface area contributed by atoms with Crippen LogP contribution in [0.15, 0.2) is 24.3 Å². The third kappa shape index (κ3) is 1.93. The zero-order valence-electron chi connectivity index (χ0n) is 9.38. The molecule has 1 aliphatic rings. The lowest BCUT2D eigenvalue weighted by Crippen LogP contribution is -2.32. The van der Waals surface area contributed by atoms with Gasteiger partial charge in [0.05, 0.1) is 5.52 Å². The van der Waals surface area contributed by atoms with Crippen LogP contribution < -0.4 is 4.90 Å². The average molecular weight is 249 g/mol. The van der Waals surface area contributed by atoms with E-state index in [9.17, 15) is 0 Å². The molecule has 0 N–H and O–H groups in total. The molecule has 1 aromatic heterocycles. The lowest BCUT2D eigenvalue weighted by atomic mass is 10.2. The zero-order valence-corrected chi connectivity index (χ0v) is 10.1. The maximum Gasteiger partial charge on any atom is 0.246 e. The van der Waals surface area contributed by atoms with Crippen LogP contribution in [-0.4, -0.2) is 33.6 Å². The van der Waals surface area contributed by atoms with Gasteiger partial charge in [0, 0.05) is 18.5 Å². The molecule has 0 saturated carbocycles. The van der Waals surface area contributed by atoms with E-state index in [0.29, 0.717) is 17.9 Å². The van der Waals surface area contributed by atoms with Gasteiger partial charge < -0.3 is 4.90 Å². The van der Waals surface area contributed by atoms with E-state index in [-0.39, 0.29) is 0 Å². The Kier molecular flexibility index (Phi) is 2.81. The summed E-state index contributed by atoms with van der Waals surface area (Å²) in [6.07, 6.45) is 2.26. The summed E-state index contributed by atoms with van der Waals surface area (Å²) in [5.74, 6) is 1.32. The topological polar surface area (TPSA) is 41.9 Å². The number of aromatic nitrogens is 3. The van der Waals surface area contributed by atoms with Gasteiger partial charge in [0.25, 0.3) is 0 Å². The standard InChI is InChI=1S/C12H13ClN4/c13-8-9-4-3-7-17(9)12-14-10-5-1-2-6-11(10)15-16-12/h1-2,5-6,9H,3-4,7-8H2. The van der Waals surface area contributed by atoms with Gasteiger partial charge >= 0.3 is 0 Å². The second-order valence-corrected chi connectivity index (χ2v) is 4.55. The summed E-state index contributed by atoms with van der Waals surface area (Å²) in [6, 6.07) is 8.13. The van der Waals surface area contributed by atoms with Crippen molar-refractivity contribution in [2.75, 3.05) is 17.3 Å². The lowest BCUT2D eigenvalue weighted by molar-refractivity contribution is 0.717. The molecule has 5 heteroatoms. The van der Waals surface area contributed by atoms with Crippen molar-refractivity contribution >= 4 is 28.6 Å². The van der Waals surface area contributed by atoms with E-state index in [2.05, 4.69) is 20.1 Å². The molecule has 1 atom stereocenters. The predicted octanol–water partition coefficient (Wildman–Crippen LogP) is 2.23. The highest BCUT2D eigenvalue weighted by Gasteiger charge is 2.26. The monoisotopic (exact) mass is 248 g/mol. The summed E-state index contributed by atoms with van der Waals surface area (Å²) in [7, 11) is 0. The molecule has 0 radical (unpaired) electrons. The van der Waals surface area contributed by atoms with Gasteiger partial charge in [-0.2, -0.15) is 0 Å². The molecular weight excluding hydrogens is 236 g/mol. The van der Waals surface area contributed by atoms with Crippen LogP contribution in [0.3, 0.4) is 0 Å². The van der Waals surface area contributed by atoms with Crippen molar-refractivity contribution in [1.82, 2.24) is 15.2 Å². The average Bonchev–Trinajstić information content (AvgIpc) is 2.86. The number of hydrogen-bond donors (Lipinski definition) is 0. The van der Waals surface area contributed by atoms with Crippen molar-refractivity contribution in [3.8, 4) is 0 Å². The first-order valence-corrected chi connectivity index (χ1v) is 6.34. The van der Waals surface area contributed by atoms with Crippen LogP contribution >= 0.6 is 11.6 Å². The Morgan fingerprint density at radius 3 is 2.88 bits per heavy atom. The molecule has 1 unspecified atom stereocenters. The Balaban J connectivity index is 2.00. The molecule has 3 rings (SSSR count). The summed E-state index contributed by atoms with van der Waals surface area (Å²) in [5, 5.41) is 8.39. The van der Waals surface area contributed by atoms with Gasteiger partial charge in [-0.05, 0) is 25.0 Å². The summed E-state index contributed by atoms with van der Waals surface area (Å²) in [5.41, 5.74) is 1.72. The Bertz CT molecular complexity index is 531. The largest absolute Gasteiger partial charge is 0.335 e. The molecule has 0 amide bonds. The fourth-order valence-electron chi connectivity index (χ4n) is 2.25. The second-order valence-electron chi connectivity index (χ2n) is 4.24. The van der Waals surface area contributed by atoms with Gasteiger partial charge in [0.15, 0.2) is 0 Å². The minimum absolute atomic E-state index is 0.347. The second kappa shape index (κ2) is 4.45. The molecule has 2 aromatic rings. The molecule has 4 nitrogen and oxygen atoms in total. The van der Waals surface area contributed by atoms with Crippen molar-refractivity contribution < 1.29 is 0 Å². The van der Waals surface area contributed by atoms with Crippen molar-refractivity contribution in [3.63, 3.8) is 0 Å². The van der Waals surface area contributed by atoms with Crippen molar-refractivity contribution in [2.24, 2.45) is 0 Å². The SMILES string of the molecule is ClCC1CCCN1c1nnc2ccccc2n1. The number of rotatable bonds is 2. The Morgan fingerprint density at radius 2 is 2.06 bits per heavy atom. The van der Waals surface area contributed by atoms with Crippen LogP contribution in [-0.2, 0) is 0 Å². The van der Waals surface area contributed by atoms with E-state index < -0.39 is 0 Å². The Morgan fingerprint density at radius 1 is 1.24 bits per heavy atom. The number of nitrogens with zero attached hydrogens (tertiary/aromatic N) is 4. The Hall–Kier alpha value is -1.42. The molecule has 88 valence electrons. The zero-order chi connectivity index (χ0) is 11.7. The highest BCUT2D eigenvalue weighted by Crippen LogP contribution is 2.23. The number of anilines is 1. The fraction of sp³-hybridized carbons (Fsp3) is 0.417. The number of para-hydroxylation sites is 1. The molecule has 1 aliphatic heterocycles. The molecule has 0 spiro atoms. The lowest BCUT2D eigenvalue weighted by Gasteiger charge is -2.22. The minimum Gasteiger partial charge on any atom is -0.335 e. The van der Waals surface area contributed by atoms with Crippen molar-refractivity contribution in [1.29, 1.82) is 0 Å². The van der Waals surface area contributed by atoms with Crippen molar-refractivity contribution in [2.45, 2.75) is 18.9 Å². The molecule has 1 aromatic carbocycles. The summed E-state index contributed by atoms with van der Waals surface area (Å²) >= 11 is 5.95. The maximum atomic E-state index is 5.95. The minimum atomic E-state index is 0.347. The number of benzene rings is 1. The molecule has 0 bridgehead atoms. The van der Waals surface area contributed by atoms with Gasteiger partial charge in [-0.25, -0.2) is 4.98 Å². The Labute approximate surface area is 105 Å². The van der Waals surface area contributed by atoms with E-state index in [0.717, 1.165) is 30.4 Å². The van der Waals surface area contributed by atoms with Crippen LogP contribution in [0.4, 0.5) is 5.95 Å². The van der Waals surface area contributed by atoms with E-state index in [4.69, 9.17) is 11.6 Å². The third-order valence-electron chi connectivity index (χ3n) is 3.16. The van der Waals surface area contributed by atoms with Crippen molar-refractivity contribution in [3.05, 3.63) is 24.3 Å². The van der Waals surface area contributed by atoms with Gasteiger partial charge in [-0.3, -0.25) is 0 Å². The number of fused-ring (bicyclic) bond motifs is 1. The molecule has 1 saturated heterocycles. The maximum absolute atomic E-state index is 5.95. The predicted molar refractivity (Wildman–Crippen MR) is 68.4 cm³/mol. The number of hydrogen-bond acceptors (Lipinski definition) is 4. The molecule has 1 fully saturated rings. The van der Waals surface area contributed by atoms with E-state index >= 15 is 0 Å². The van der Waals surface area contributed by atoms with Crippen LogP contribution in [0.1, 0.15) is 12.8 Å². The summed E-state index contributed by atoms with van der Waals surface area (Å²) in [4.78, 5) is 6.71. The highest BCUT2D eigenvalue weighted by molar-refractivity contribution is 6.18. The first kappa shape index (κ1) is 10.7. The van der Waals surface area contributed by atoms with E-state index in [1.807, 2.05) is 24.3 Å². The molecular formula is C12H13ClN4. The van der Waals surface area contributed by atoms with Crippen LogP contribution in [0, 0.1) is 0 Å². The molecule has 0 aliphatic carbocycles. The highest BCUT2D eigenvalue weighted by atomic mass is 35.5.